The number of hydrogen-bond acceptors (Lipinski definition) is 3. The molecule has 0 saturated carbocycles. The summed E-state index contributed by atoms with van der Waals surface area (Å²) in [7, 11) is 1.60. The Morgan fingerprint density at radius 1 is 1.62 bits per heavy atom. The lowest BCUT2D eigenvalue weighted by Crippen LogP contribution is -2.34. The Labute approximate surface area is 96.1 Å². The molecular weight excluding hydrogens is 208 g/mol. The normalized spacial score (nSPS) is 20.2. The van der Waals surface area contributed by atoms with Gasteiger partial charge in [0.15, 0.2) is 0 Å². The van der Waals surface area contributed by atoms with Crippen molar-refractivity contribution in [1.82, 2.24) is 10.2 Å². The molecule has 1 fully saturated rings. The van der Waals surface area contributed by atoms with Crippen molar-refractivity contribution in [2.24, 2.45) is 5.92 Å². The Kier molecular flexibility index (Phi) is 5.25. The summed E-state index contributed by atoms with van der Waals surface area (Å²) in [4.78, 5) is 24.9. The fourth-order valence-electron chi connectivity index (χ4n) is 1.76. The first-order valence-electron chi connectivity index (χ1n) is 5.73. The molecule has 1 atom stereocenters. The molecule has 1 N–H and O–H groups in total. The van der Waals surface area contributed by atoms with Crippen molar-refractivity contribution in [1.29, 1.82) is 0 Å². The van der Waals surface area contributed by atoms with E-state index < -0.39 is 0 Å². The molecule has 0 bridgehead atoms. The van der Waals surface area contributed by atoms with Crippen molar-refractivity contribution in [2.45, 2.75) is 19.8 Å². The third kappa shape index (κ3) is 3.48. The Morgan fingerprint density at radius 2 is 2.38 bits per heavy atom. The number of methoxy groups -OCH3 is 1. The van der Waals surface area contributed by atoms with Crippen molar-refractivity contribution in [3.8, 4) is 0 Å². The second kappa shape index (κ2) is 6.48. The van der Waals surface area contributed by atoms with E-state index in [9.17, 15) is 9.59 Å². The van der Waals surface area contributed by atoms with Gasteiger partial charge in [0, 0.05) is 33.2 Å². The van der Waals surface area contributed by atoms with Crippen LogP contribution in [0.25, 0.3) is 0 Å². The molecule has 1 saturated heterocycles. The first-order valence-corrected chi connectivity index (χ1v) is 5.73. The maximum atomic E-state index is 11.6. The molecule has 0 aromatic heterocycles. The van der Waals surface area contributed by atoms with Crippen molar-refractivity contribution >= 4 is 11.8 Å². The Hall–Kier alpha value is -1.10. The van der Waals surface area contributed by atoms with E-state index in [2.05, 4.69) is 5.32 Å². The number of carbonyl (C=O) groups is 2. The molecule has 0 spiro atoms. The Balaban J connectivity index is 2.36. The van der Waals surface area contributed by atoms with Crippen molar-refractivity contribution in [3.63, 3.8) is 0 Å². The average molecular weight is 228 g/mol. The lowest BCUT2D eigenvalue weighted by Gasteiger charge is -2.15. The van der Waals surface area contributed by atoms with Gasteiger partial charge in [0.05, 0.1) is 12.5 Å². The minimum absolute atomic E-state index is 0.00452. The van der Waals surface area contributed by atoms with Crippen LogP contribution in [0.1, 0.15) is 19.8 Å². The van der Waals surface area contributed by atoms with Gasteiger partial charge < -0.3 is 15.0 Å². The van der Waals surface area contributed by atoms with Crippen LogP contribution >= 0.6 is 0 Å². The monoisotopic (exact) mass is 228 g/mol. The van der Waals surface area contributed by atoms with Gasteiger partial charge in [0.2, 0.25) is 11.8 Å². The topological polar surface area (TPSA) is 58.6 Å². The lowest BCUT2D eigenvalue weighted by molar-refractivity contribution is -0.129. The second-order valence-electron chi connectivity index (χ2n) is 4.02. The predicted molar refractivity (Wildman–Crippen MR) is 59.9 cm³/mol. The summed E-state index contributed by atoms with van der Waals surface area (Å²) in [5.41, 5.74) is 0. The maximum Gasteiger partial charge on any atom is 0.225 e. The van der Waals surface area contributed by atoms with Crippen LogP contribution in [0.2, 0.25) is 0 Å². The van der Waals surface area contributed by atoms with Crippen LogP contribution in [0.4, 0.5) is 0 Å². The molecule has 5 heteroatoms. The van der Waals surface area contributed by atoms with E-state index in [-0.39, 0.29) is 17.7 Å². The highest BCUT2D eigenvalue weighted by Gasteiger charge is 2.33. The molecular formula is C11H20N2O3. The van der Waals surface area contributed by atoms with Gasteiger partial charge in [0.1, 0.15) is 0 Å². The third-order valence-electron chi connectivity index (χ3n) is 2.70. The first kappa shape index (κ1) is 13.0. The first-order chi connectivity index (χ1) is 7.69. The van der Waals surface area contributed by atoms with Crippen LogP contribution in [-0.2, 0) is 14.3 Å². The van der Waals surface area contributed by atoms with Crippen LogP contribution < -0.4 is 5.32 Å². The fourth-order valence-corrected chi connectivity index (χ4v) is 1.76. The predicted octanol–water partition coefficient (Wildman–Crippen LogP) is 0.00750. The van der Waals surface area contributed by atoms with Crippen LogP contribution in [0.5, 0.6) is 0 Å². The second-order valence-corrected chi connectivity index (χ2v) is 4.02. The van der Waals surface area contributed by atoms with Gasteiger partial charge in [-0.2, -0.15) is 0 Å². The van der Waals surface area contributed by atoms with Gasteiger partial charge in [-0.05, 0) is 6.42 Å². The lowest BCUT2D eigenvalue weighted by atomic mass is 10.1. The molecule has 0 aliphatic carbocycles. The molecule has 2 amide bonds. The van der Waals surface area contributed by atoms with Gasteiger partial charge in [-0.15, -0.1) is 0 Å². The fraction of sp³-hybridized carbons (Fsp3) is 0.818. The maximum absolute atomic E-state index is 11.6. The van der Waals surface area contributed by atoms with Crippen LogP contribution in [0.15, 0.2) is 0 Å². The van der Waals surface area contributed by atoms with Gasteiger partial charge in [-0.1, -0.05) is 6.92 Å². The highest BCUT2D eigenvalue weighted by atomic mass is 16.5. The molecule has 0 radical (unpaired) electrons. The van der Waals surface area contributed by atoms with E-state index in [4.69, 9.17) is 4.74 Å². The van der Waals surface area contributed by atoms with E-state index in [1.807, 2.05) is 6.92 Å². The van der Waals surface area contributed by atoms with Crippen LogP contribution in [-0.4, -0.2) is 50.1 Å². The molecule has 1 rings (SSSR count). The van der Waals surface area contributed by atoms with E-state index in [1.165, 1.54) is 0 Å². The highest BCUT2D eigenvalue weighted by molar-refractivity contribution is 5.89. The van der Waals surface area contributed by atoms with Crippen molar-refractivity contribution in [2.75, 3.05) is 33.4 Å². The summed E-state index contributed by atoms with van der Waals surface area (Å²) in [6, 6.07) is 0. The van der Waals surface area contributed by atoms with E-state index in [0.29, 0.717) is 32.7 Å². The summed E-state index contributed by atoms with van der Waals surface area (Å²) in [6.07, 6.45) is 1.25. The smallest absolute Gasteiger partial charge is 0.225 e. The molecule has 0 aromatic rings. The number of nitrogens with one attached hydrogen (secondary N) is 1. The average Bonchev–Trinajstić information content (AvgIpc) is 2.65. The van der Waals surface area contributed by atoms with Crippen molar-refractivity contribution < 1.29 is 14.3 Å². The summed E-state index contributed by atoms with van der Waals surface area (Å²) in [5.74, 6) is -0.139. The number of carbonyl (C=O) groups excluding carboxylic acids is 2. The molecule has 0 unspecified atom stereocenters. The quantitative estimate of drug-likeness (QED) is 0.696. The SMILES string of the molecule is CCCNC(=O)[C@H]1CC(=O)N(CCOC)C1. The number of likely N-dealkylation sites (tertiary alicyclic amines) is 1. The van der Waals surface area contributed by atoms with Gasteiger partial charge >= 0.3 is 0 Å². The van der Waals surface area contributed by atoms with E-state index >= 15 is 0 Å². The van der Waals surface area contributed by atoms with Gasteiger partial charge in [-0.25, -0.2) is 0 Å². The van der Waals surface area contributed by atoms with Crippen LogP contribution in [0, 0.1) is 5.92 Å². The van der Waals surface area contributed by atoms with Gasteiger partial charge in [0.25, 0.3) is 0 Å². The Morgan fingerprint density at radius 3 is 3.00 bits per heavy atom. The highest BCUT2D eigenvalue weighted by Crippen LogP contribution is 2.17. The number of amides is 2. The summed E-state index contributed by atoms with van der Waals surface area (Å²) >= 11 is 0. The minimum Gasteiger partial charge on any atom is -0.383 e. The number of hydrogen-bond donors (Lipinski definition) is 1. The Bertz CT molecular complexity index is 256. The summed E-state index contributed by atoms with van der Waals surface area (Å²) in [5, 5.41) is 2.82. The zero-order valence-electron chi connectivity index (χ0n) is 9.99. The third-order valence-corrected chi connectivity index (χ3v) is 2.70. The van der Waals surface area contributed by atoms with Crippen LogP contribution in [0.3, 0.4) is 0 Å². The molecule has 1 heterocycles. The summed E-state index contributed by atoms with van der Waals surface area (Å²) in [6.45, 7) is 4.31. The molecule has 0 aromatic carbocycles. The zero-order chi connectivity index (χ0) is 12.0. The molecule has 16 heavy (non-hydrogen) atoms. The minimum atomic E-state index is -0.184. The van der Waals surface area contributed by atoms with Gasteiger partial charge in [-0.3, -0.25) is 9.59 Å². The van der Waals surface area contributed by atoms with Crippen molar-refractivity contribution in [3.05, 3.63) is 0 Å². The standard InChI is InChI=1S/C11H20N2O3/c1-3-4-12-11(15)9-7-10(14)13(8-9)5-6-16-2/h9H,3-8H2,1-2H3,(H,12,15)/t9-/m0/s1. The largest absolute Gasteiger partial charge is 0.383 e. The molecule has 5 nitrogen and oxygen atoms in total. The molecule has 1 aliphatic rings. The van der Waals surface area contributed by atoms with E-state index in [0.717, 1.165) is 6.42 Å². The number of nitrogens with zero attached hydrogens (tertiary/aromatic N) is 1. The zero-order valence-corrected chi connectivity index (χ0v) is 9.99. The number of rotatable bonds is 6. The van der Waals surface area contributed by atoms with E-state index in [1.54, 1.807) is 12.0 Å². The molecule has 1 aliphatic heterocycles. The molecule has 92 valence electrons. The summed E-state index contributed by atoms with van der Waals surface area (Å²) < 4.78 is 4.92. The number of ether oxygens (including phenoxy) is 1.